The lowest BCUT2D eigenvalue weighted by atomic mass is 10.2. The van der Waals surface area contributed by atoms with Crippen molar-refractivity contribution in [1.82, 2.24) is 0 Å². The Bertz CT molecular complexity index is 833. The average molecular weight is 346 g/mol. The molecule has 8 heteroatoms. The number of nitrogens with one attached hydrogen (secondary N) is 1. The van der Waals surface area contributed by atoms with E-state index in [9.17, 15) is 22.0 Å². The third-order valence-electron chi connectivity index (χ3n) is 2.79. The molecule has 2 aromatic carbocycles. The first-order chi connectivity index (χ1) is 10.2. The third kappa shape index (κ3) is 3.42. The number of hydrogen-bond acceptors (Lipinski definition) is 3. The van der Waals surface area contributed by atoms with E-state index < -0.39 is 33.1 Å². The van der Waals surface area contributed by atoms with Crippen molar-refractivity contribution in [2.75, 3.05) is 11.6 Å². The van der Waals surface area contributed by atoms with E-state index in [0.29, 0.717) is 0 Å². The van der Waals surface area contributed by atoms with Gasteiger partial charge < -0.3 is 5.32 Å². The summed E-state index contributed by atoms with van der Waals surface area (Å²) < 4.78 is 50.1. The summed E-state index contributed by atoms with van der Waals surface area (Å²) in [4.78, 5) is 11.8. The molecule has 0 aliphatic carbocycles. The van der Waals surface area contributed by atoms with Crippen LogP contribution in [0.4, 0.5) is 14.5 Å². The van der Waals surface area contributed by atoms with Gasteiger partial charge in [-0.2, -0.15) is 0 Å². The van der Waals surface area contributed by atoms with E-state index in [4.69, 9.17) is 11.6 Å². The summed E-state index contributed by atoms with van der Waals surface area (Å²) in [6.07, 6.45) is 0.937. The highest BCUT2D eigenvalue weighted by atomic mass is 35.5. The molecule has 0 spiro atoms. The molecule has 22 heavy (non-hydrogen) atoms. The first-order valence-electron chi connectivity index (χ1n) is 5.95. The predicted molar refractivity (Wildman–Crippen MR) is 78.9 cm³/mol. The van der Waals surface area contributed by atoms with Crippen LogP contribution in [-0.4, -0.2) is 20.6 Å². The van der Waals surface area contributed by atoms with Crippen LogP contribution in [0.5, 0.6) is 0 Å². The van der Waals surface area contributed by atoms with Crippen LogP contribution in [0.1, 0.15) is 10.4 Å². The zero-order valence-corrected chi connectivity index (χ0v) is 12.8. The van der Waals surface area contributed by atoms with Gasteiger partial charge in [-0.15, -0.1) is 0 Å². The molecule has 0 aliphatic rings. The molecule has 0 fully saturated rings. The van der Waals surface area contributed by atoms with Gasteiger partial charge in [0.2, 0.25) is 0 Å². The van der Waals surface area contributed by atoms with Crippen LogP contribution in [0.15, 0.2) is 41.3 Å². The van der Waals surface area contributed by atoms with Crippen LogP contribution in [0.2, 0.25) is 5.02 Å². The third-order valence-corrected chi connectivity index (χ3v) is 4.37. The number of hydrogen-bond donors (Lipinski definition) is 1. The molecule has 0 atom stereocenters. The van der Waals surface area contributed by atoms with Crippen molar-refractivity contribution < 1.29 is 22.0 Å². The maximum Gasteiger partial charge on any atom is 0.255 e. The van der Waals surface area contributed by atoms with Crippen molar-refractivity contribution in [1.29, 1.82) is 0 Å². The predicted octanol–water partition coefficient (Wildman–Crippen LogP) is 3.27. The minimum atomic E-state index is -3.64. The number of rotatable bonds is 3. The summed E-state index contributed by atoms with van der Waals surface area (Å²) in [5.41, 5.74) is -0.698. The van der Waals surface area contributed by atoms with Crippen molar-refractivity contribution in [2.45, 2.75) is 4.90 Å². The summed E-state index contributed by atoms with van der Waals surface area (Å²) in [5.74, 6) is -2.73. The van der Waals surface area contributed by atoms with E-state index >= 15 is 0 Å². The number of carbonyl (C=O) groups is 1. The second-order valence-corrected chi connectivity index (χ2v) is 6.86. The Balaban J connectivity index is 2.39. The fourth-order valence-corrected chi connectivity index (χ4v) is 3.03. The maximum atomic E-state index is 13.5. The van der Waals surface area contributed by atoms with Crippen molar-refractivity contribution in [3.05, 3.63) is 58.6 Å². The number of anilines is 1. The Morgan fingerprint density at radius 3 is 2.27 bits per heavy atom. The summed E-state index contributed by atoms with van der Waals surface area (Å²) >= 11 is 5.77. The number of sulfone groups is 1. The Labute approximate surface area is 130 Å². The van der Waals surface area contributed by atoms with Gasteiger partial charge in [0.1, 0.15) is 17.3 Å². The minimum Gasteiger partial charge on any atom is -0.317 e. The van der Waals surface area contributed by atoms with E-state index in [-0.39, 0.29) is 15.5 Å². The fourth-order valence-electron chi connectivity index (χ4n) is 1.73. The molecule has 1 amide bonds. The Kier molecular flexibility index (Phi) is 4.48. The number of carbonyl (C=O) groups excluding carboxylic acids is 1. The molecule has 0 saturated heterocycles. The van der Waals surface area contributed by atoms with Crippen LogP contribution >= 0.6 is 11.6 Å². The van der Waals surface area contributed by atoms with E-state index in [1.165, 1.54) is 12.1 Å². The van der Waals surface area contributed by atoms with Gasteiger partial charge in [0, 0.05) is 11.8 Å². The molecule has 0 saturated carbocycles. The topological polar surface area (TPSA) is 63.2 Å². The number of benzene rings is 2. The van der Waals surface area contributed by atoms with Gasteiger partial charge in [-0.1, -0.05) is 17.7 Å². The smallest absolute Gasteiger partial charge is 0.255 e. The fraction of sp³-hybridized carbons (Fsp3) is 0.0714. The van der Waals surface area contributed by atoms with Crippen molar-refractivity contribution in [3.8, 4) is 0 Å². The highest BCUT2D eigenvalue weighted by molar-refractivity contribution is 7.90. The number of para-hydroxylation sites is 1. The summed E-state index contributed by atoms with van der Waals surface area (Å²) in [5, 5.41) is 2.02. The quantitative estimate of drug-likeness (QED) is 0.928. The van der Waals surface area contributed by atoms with Crippen LogP contribution in [-0.2, 0) is 9.84 Å². The molecule has 0 bridgehead atoms. The molecule has 0 aromatic heterocycles. The minimum absolute atomic E-state index is 0.0453. The summed E-state index contributed by atoms with van der Waals surface area (Å²) in [6.45, 7) is 0. The molecule has 2 aromatic rings. The van der Waals surface area contributed by atoms with E-state index in [2.05, 4.69) is 5.32 Å². The number of amides is 1. The first-order valence-corrected chi connectivity index (χ1v) is 8.22. The molecule has 0 aliphatic heterocycles. The maximum absolute atomic E-state index is 13.5. The van der Waals surface area contributed by atoms with Crippen molar-refractivity contribution >= 4 is 33.0 Å². The molecule has 0 heterocycles. The highest BCUT2D eigenvalue weighted by Gasteiger charge is 2.18. The SMILES string of the molecule is CS(=O)(=O)c1cc(C(=O)Nc2c(F)cccc2F)ccc1Cl. The van der Waals surface area contributed by atoms with Crippen LogP contribution < -0.4 is 5.32 Å². The molecule has 116 valence electrons. The lowest BCUT2D eigenvalue weighted by Gasteiger charge is -2.09. The average Bonchev–Trinajstić information content (AvgIpc) is 2.42. The molecule has 1 N–H and O–H groups in total. The zero-order chi connectivity index (χ0) is 16.5. The lowest BCUT2D eigenvalue weighted by Crippen LogP contribution is -2.15. The van der Waals surface area contributed by atoms with Gasteiger partial charge in [-0.3, -0.25) is 4.79 Å². The summed E-state index contributed by atoms with van der Waals surface area (Å²) in [7, 11) is -3.64. The zero-order valence-electron chi connectivity index (χ0n) is 11.2. The van der Waals surface area contributed by atoms with E-state index in [1.807, 2.05) is 0 Å². The summed E-state index contributed by atoms with van der Waals surface area (Å²) in [6, 6.07) is 6.66. The lowest BCUT2D eigenvalue weighted by molar-refractivity contribution is 0.102. The standard InChI is InChI=1S/C14H10ClF2NO3S/c1-22(20,21)12-7-8(5-6-9(12)15)14(19)18-13-10(16)3-2-4-11(13)17/h2-7H,1H3,(H,18,19). The van der Waals surface area contributed by atoms with Gasteiger partial charge in [0.05, 0.1) is 9.92 Å². The molecular formula is C14H10ClF2NO3S. The second-order valence-electron chi connectivity index (χ2n) is 4.47. The Morgan fingerprint density at radius 2 is 1.73 bits per heavy atom. The van der Waals surface area contributed by atoms with Gasteiger partial charge in [0.25, 0.3) is 5.91 Å². The molecule has 4 nitrogen and oxygen atoms in total. The van der Waals surface area contributed by atoms with Crippen LogP contribution in [0, 0.1) is 11.6 Å². The molecule has 0 unspecified atom stereocenters. The molecule has 2 rings (SSSR count). The van der Waals surface area contributed by atoms with Crippen molar-refractivity contribution in [3.63, 3.8) is 0 Å². The van der Waals surface area contributed by atoms with Gasteiger partial charge in [-0.05, 0) is 30.3 Å². The molecule has 0 radical (unpaired) electrons. The van der Waals surface area contributed by atoms with E-state index in [1.54, 1.807) is 0 Å². The molecular weight excluding hydrogens is 336 g/mol. The van der Waals surface area contributed by atoms with E-state index in [0.717, 1.165) is 30.5 Å². The highest BCUT2D eigenvalue weighted by Crippen LogP contribution is 2.24. The Morgan fingerprint density at radius 1 is 1.14 bits per heavy atom. The largest absolute Gasteiger partial charge is 0.317 e. The second kappa shape index (κ2) is 6.02. The van der Waals surface area contributed by atoms with Gasteiger partial charge in [0.15, 0.2) is 9.84 Å². The van der Waals surface area contributed by atoms with Crippen LogP contribution in [0.3, 0.4) is 0 Å². The first kappa shape index (κ1) is 16.4. The monoisotopic (exact) mass is 345 g/mol. The number of halogens is 3. The van der Waals surface area contributed by atoms with Gasteiger partial charge in [-0.25, -0.2) is 17.2 Å². The normalized spacial score (nSPS) is 11.3. The van der Waals surface area contributed by atoms with Crippen molar-refractivity contribution in [2.24, 2.45) is 0 Å². The Hall–Kier alpha value is -1.99. The van der Waals surface area contributed by atoms with Crippen LogP contribution in [0.25, 0.3) is 0 Å². The van der Waals surface area contributed by atoms with Gasteiger partial charge >= 0.3 is 0 Å².